The van der Waals surface area contributed by atoms with Crippen molar-refractivity contribution in [3.05, 3.63) is 48.6 Å². The molecule has 1 aliphatic heterocycles. The topological polar surface area (TPSA) is 175 Å². The van der Waals surface area contributed by atoms with Crippen LogP contribution < -0.4 is 5.32 Å². The average molecular weight is 1260 g/mol. The zero-order valence-electron chi connectivity index (χ0n) is 58.3. The quantitative estimate of drug-likeness (QED) is 0.0195. The molecule has 0 aromatic carbocycles. The van der Waals surface area contributed by atoms with Gasteiger partial charge >= 0.3 is 5.97 Å². The molecule has 522 valence electrons. The molecule has 11 heteroatoms. The molecule has 0 aliphatic carbocycles. The molecule has 1 rings (SSSR count). The van der Waals surface area contributed by atoms with Gasteiger partial charge in [-0.2, -0.15) is 0 Å². The third-order valence-corrected chi connectivity index (χ3v) is 18.2. The summed E-state index contributed by atoms with van der Waals surface area (Å²) in [6.45, 7) is 5.83. The van der Waals surface area contributed by atoms with E-state index in [1.54, 1.807) is 6.08 Å². The first-order valence-electron chi connectivity index (χ1n) is 38.4. The van der Waals surface area contributed by atoms with Crippen LogP contribution in [0.15, 0.2) is 48.6 Å². The highest BCUT2D eigenvalue weighted by atomic mass is 16.7. The standard InChI is InChI=1S/C78H145NO10/c1-4-7-10-13-16-19-22-25-27-29-31-33-35-36-37-39-41-43-45-48-51-54-57-60-63-66-73(83)89-76-75(85)74(84)72(67-80)88-78(76)87-68-69(70(81)64-61-58-55-52-49-46-24-21-18-15-12-9-6-3)79-77(86)71(82)65-62-59-56-53-50-47-44-42-40-38-34-32-30-28-26-23-20-17-14-11-8-5-2/h16,19,25-28,61,64,69-72,74-76,78,80-82,84-85H,4-15,17-18,20-24,29-60,62-63,65-68H2,1-3H3,(H,79,86)/b19-16-,27-25-,28-26+,64-61+. The van der Waals surface area contributed by atoms with Crippen LogP contribution in [0.5, 0.6) is 0 Å². The van der Waals surface area contributed by atoms with Crippen molar-refractivity contribution in [1.29, 1.82) is 0 Å². The van der Waals surface area contributed by atoms with Crippen LogP contribution in [0, 0.1) is 0 Å². The first-order valence-corrected chi connectivity index (χ1v) is 38.4. The van der Waals surface area contributed by atoms with Crippen LogP contribution in [0.1, 0.15) is 374 Å². The summed E-state index contributed by atoms with van der Waals surface area (Å²) in [7, 11) is 0. The fourth-order valence-electron chi connectivity index (χ4n) is 12.2. The smallest absolute Gasteiger partial charge is 0.306 e. The SMILES string of the molecule is CCCCC/C=C\C/C=C\CCCCCCCCCCCCCCCCCC(=O)OC1C(OCC(NC(=O)C(O)CCCCCCCCCCCCCC/C=C/CCCCCCCC)C(O)/C=C/CCCCCCCCCCCCC)OC(CO)C(O)C1O. The van der Waals surface area contributed by atoms with Gasteiger partial charge in [0.15, 0.2) is 12.4 Å². The van der Waals surface area contributed by atoms with Gasteiger partial charge in [-0.15, -0.1) is 0 Å². The van der Waals surface area contributed by atoms with Gasteiger partial charge < -0.3 is 45.1 Å². The second-order valence-corrected chi connectivity index (χ2v) is 26.7. The molecule has 8 atom stereocenters. The van der Waals surface area contributed by atoms with Crippen molar-refractivity contribution in [2.24, 2.45) is 0 Å². The van der Waals surface area contributed by atoms with Crippen LogP contribution >= 0.6 is 0 Å². The van der Waals surface area contributed by atoms with Crippen molar-refractivity contribution in [3.8, 4) is 0 Å². The second-order valence-electron chi connectivity index (χ2n) is 26.7. The Hall–Kier alpha value is -2.38. The Morgan fingerprint density at radius 2 is 0.775 bits per heavy atom. The summed E-state index contributed by atoms with van der Waals surface area (Å²) < 4.78 is 17.8. The van der Waals surface area contributed by atoms with E-state index in [1.165, 1.54) is 263 Å². The highest BCUT2D eigenvalue weighted by Gasteiger charge is 2.47. The summed E-state index contributed by atoms with van der Waals surface area (Å²) in [6, 6.07) is -1.02. The molecule has 1 amide bonds. The molecule has 89 heavy (non-hydrogen) atoms. The maximum Gasteiger partial charge on any atom is 0.306 e. The highest BCUT2D eigenvalue weighted by Crippen LogP contribution is 2.27. The van der Waals surface area contributed by atoms with Crippen molar-refractivity contribution in [1.82, 2.24) is 5.32 Å². The Kier molecular flexibility index (Phi) is 62.4. The molecule has 1 aliphatic rings. The summed E-state index contributed by atoms with van der Waals surface area (Å²) in [6.07, 6.45) is 73.0. The fraction of sp³-hybridized carbons (Fsp3) is 0.872. The van der Waals surface area contributed by atoms with Crippen molar-refractivity contribution < 1.29 is 49.3 Å². The van der Waals surface area contributed by atoms with Crippen LogP contribution in [0.3, 0.4) is 0 Å². The maximum absolute atomic E-state index is 13.5. The predicted octanol–water partition coefficient (Wildman–Crippen LogP) is 20.3. The zero-order chi connectivity index (χ0) is 64.6. The molecule has 0 spiro atoms. The van der Waals surface area contributed by atoms with Gasteiger partial charge in [0.05, 0.1) is 25.4 Å². The van der Waals surface area contributed by atoms with E-state index >= 15 is 0 Å². The number of nitrogens with one attached hydrogen (secondary N) is 1. The minimum Gasteiger partial charge on any atom is -0.454 e. The molecule has 1 heterocycles. The largest absolute Gasteiger partial charge is 0.454 e. The van der Waals surface area contributed by atoms with Crippen LogP contribution in [-0.4, -0.2) is 99.6 Å². The molecular formula is C78H145NO10. The van der Waals surface area contributed by atoms with Gasteiger partial charge in [0.25, 0.3) is 0 Å². The third kappa shape index (κ3) is 52.7. The normalized spacial score (nSPS) is 18.3. The molecule has 1 fully saturated rings. The Morgan fingerprint density at radius 3 is 1.18 bits per heavy atom. The van der Waals surface area contributed by atoms with E-state index in [-0.39, 0.29) is 13.0 Å². The van der Waals surface area contributed by atoms with Crippen molar-refractivity contribution >= 4 is 11.9 Å². The van der Waals surface area contributed by atoms with Crippen LogP contribution in [0.2, 0.25) is 0 Å². The van der Waals surface area contributed by atoms with Crippen LogP contribution in [0.25, 0.3) is 0 Å². The van der Waals surface area contributed by atoms with E-state index in [1.807, 2.05) is 6.08 Å². The number of ether oxygens (including phenoxy) is 3. The number of carbonyl (C=O) groups excluding carboxylic acids is 2. The Balaban J connectivity index is 2.53. The monoisotopic (exact) mass is 1260 g/mol. The first kappa shape index (κ1) is 84.6. The van der Waals surface area contributed by atoms with E-state index in [4.69, 9.17) is 14.2 Å². The minimum atomic E-state index is -1.61. The minimum absolute atomic E-state index is 0.126. The number of esters is 1. The van der Waals surface area contributed by atoms with E-state index in [0.717, 1.165) is 64.2 Å². The lowest BCUT2D eigenvalue weighted by molar-refractivity contribution is -0.305. The van der Waals surface area contributed by atoms with Crippen molar-refractivity contribution in [2.75, 3.05) is 13.2 Å². The third-order valence-electron chi connectivity index (χ3n) is 18.2. The lowest BCUT2D eigenvalue weighted by Crippen LogP contribution is -2.61. The van der Waals surface area contributed by atoms with Gasteiger partial charge in [-0.25, -0.2) is 0 Å². The van der Waals surface area contributed by atoms with E-state index in [0.29, 0.717) is 19.3 Å². The number of allylic oxidation sites excluding steroid dienone is 7. The lowest BCUT2D eigenvalue weighted by atomic mass is 9.99. The Labute approximate surface area is 548 Å². The maximum atomic E-state index is 13.5. The number of amides is 1. The Bertz CT molecular complexity index is 1640. The second kappa shape index (κ2) is 65.7. The number of rotatable bonds is 67. The van der Waals surface area contributed by atoms with Crippen LogP contribution in [-0.2, 0) is 23.8 Å². The van der Waals surface area contributed by atoms with Crippen molar-refractivity contribution in [2.45, 2.75) is 423 Å². The van der Waals surface area contributed by atoms with Gasteiger partial charge in [-0.3, -0.25) is 9.59 Å². The molecule has 0 radical (unpaired) electrons. The highest BCUT2D eigenvalue weighted by molar-refractivity contribution is 5.80. The summed E-state index contributed by atoms with van der Waals surface area (Å²) >= 11 is 0. The fourth-order valence-corrected chi connectivity index (χ4v) is 12.2. The number of aliphatic hydroxyl groups excluding tert-OH is 5. The van der Waals surface area contributed by atoms with Gasteiger partial charge in [-0.1, -0.05) is 333 Å². The number of hydrogen-bond donors (Lipinski definition) is 6. The molecule has 8 unspecified atom stereocenters. The van der Waals surface area contributed by atoms with Crippen LogP contribution in [0.4, 0.5) is 0 Å². The van der Waals surface area contributed by atoms with E-state index in [2.05, 4.69) is 62.5 Å². The molecule has 0 aromatic heterocycles. The van der Waals surface area contributed by atoms with Gasteiger partial charge in [-0.05, 0) is 83.5 Å². The number of unbranched alkanes of at least 4 members (excludes halogenated alkanes) is 47. The van der Waals surface area contributed by atoms with Crippen molar-refractivity contribution in [3.63, 3.8) is 0 Å². The summed E-state index contributed by atoms with van der Waals surface area (Å²) in [5, 5.41) is 57.4. The summed E-state index contributed by atoms with van der Waals surface area (Å²) in [5.74, 6) is -1.18. The molecular weight excluding hydrogens is 1110 g/mol. The van der Waals surface area contributed by atoms with Gasteiger partial charge in [0.1, 0.15) is 24.4 Å². The van der Waals surface area contributed by atoms with Gasteiger partial charge in [0.2, 0.25) is 5.91 Å². The molecule has 1 saturated heterocycles. The Morgan fingerprint density at radius 1 is 0.438 bits per heavy atom. The molecule has 0 aromatic rings. The molecule has 11 nitrogen and oxygen atoms in total. The number of carbonyl (C=O) groups is 2. The van der Waals surface area contributed by atoms with E-state index in [9.17, 15) is 35.1 Å². The first-order chi connectivity index (χ1) is 43.7. The molecule has 0 saturated carbocycles. The lowest BCUT2D eigenvalue weighted by Gasteiger charge is -2.41. The number of aliphatic hydroxyl groups is 5. The van der Waals surface area contributed by atoms with E-state index < -0.39 is 67.4 Å². The average Bonchev–Trinajstić information content (AvgIpc) is 1.80. The van der Waals surface area contributed by atoms with Gasteiger partial charge in [0, 0.05) is 6.42 Å². The number of hydrogen-bond acceptors (Lipinski definition) is 10. The summed E-state index contributed by atoms with van der Waals surface area (Å²) in [4.78, 5) is 26.8. The molecule has 0 bridgehead atoms. The molecule has 6 N–H and O–H groups in total. The zero-order valence-corrected chi connectivity index (χ0v) is 58.3. The summed E-state index contributed by atoms with van der Waals surface area (Å²) in [5.41, 5.74) is 0. The predicted molar refractivity (Wildman–Crippen MR) is 375 cm³/mol.